The molecule has 1 aliphatic heterocycles. The highest BCUT2D eigenvalue weighted by Crippen LogP contribution is 2.29. The molecule has 74 valence electrons. The molecule has 2 unspecified atom stereocenters. The van der Waals surface area contributed by atoms with E-state index in [-0.39, 0.29) is 11.1 Å². The molecule has 1 aliphatic rings. The van der Waals surface area contributed by atoms with Gasteiger partial charge in [0.05, 0.1) is 0 Å². The van der Waals surface area contributed by atoms with Gasteiger partial charge in [-0.1, -0.05) is 13.8 Å². The van der Waals surface area contributed by atoms with Crippen LogP contribution < -0.4 is 0 Å². The molecule has 1 fully saturated rings. The highest BCUT2D eigenvalue weighted by molar-refractivity contribution is 8.14. The predicted octanol–water partition coefficient (Wildman–Crippen LogP) is 2.67. The lowest BCUT2D eigenvalue weighted by molar-refractivity contribution is 0.467. The van der Waals surface area contributed by atoms with E-state index < -0.39 is 0 Å². The van der Waals surface area contributed by atoms with Crippen molar-refractivity contribution in [1.29, 1.82) is 0 Å². The average molecular weight is 189 g/mol. The van der Waals surface area contributed by atoms with E-state index in [1.165, 1.54) is 38.1 Å². The van der Waals surface area contributed by atoms with Gasteiger partial charge in [-0.05, 0) is 37.2 Å². The van der Waals surface area contributed by atoms with Crippen LogP contribution in [0, 0.1) is 5.92 Å². The SMILES string of the molecule is CC[SH](C)N1CCCC(C)CC1. The minimum atomic E-state index is 0.201. The molecule has 1 heterocycles. The van der Waals surface area contributed by atoms with Crippen LogP contribution >= 0.6 is 11.1 Å². The third kappa shape index (κ3) is 2.98. The Morgan fingerprint density at radius 3 is 2.75 bits per heavy atom. The Kier molecular flexibility index (Phi) is 4.44. The molecule has 0 aromatic rings. The molecular formula is C10H23NS. The number of nitrogens with zero attached hydrogens (tertiary/aromatic N) is 1. The summed E-state index contributed by atoms with van der Waals surface area (Å²) < 4.78 is 2.72. The van der Waals surface area contributed by atoms with Crippen LogP contribution in [0.4, 0.5) is 0 Å². The standard InChI is InChI=1S/C10H23NS/c1-4-12(3)11-8-5-6-10(2)7-9-11/h10,12H,4-9H2,1-3H3. The first kappa shape index (κ1) is 10.4. The average Bonchev–Trinajstić information content (AvgIpc) is 2.29. The quantitative estimate of drug-likeness (QED) is 0.654. The third-order valence-electron chi connectivity index (χ3n) is 2.93. The second-order valence-electron chi connectivity index (χ2n) is 3.96. The molecule has 0 aliphatic carbocycles. The van der Waals surface area contributed by atoms with Gasteiger partial charge in [0.1, 0.15) is 0 Å². The second kappa shape index (κ2) is 5.13. The molecule has 2 atom stereocenters. The van der Waals surface area contributed by atoms with E-state index in [9.17, 15) is 0 Å². The molecule has 0 amide bonds. The van der Waals surface area contributed by atoms with Gasteiger partial charge in [-0.15, -0.1) is 0 Å². The maximum absolute atomic E-state index is 2.72. The molecule has 2 heteroatoms. The molecular weight excluding hydrogens is 166 g/mol. The van der Waals surface area contributed by atoms with E-state index >= 15 is 0 Å². The summed E-state index contributed by atoms with van der Waals surface area (Å²) in [4.78, 5) is 0. The first-order valence-electron chi connectivity index (χ1n) is 5.20. The smallest absolute Gasteiger partial charge is 0.00741 e. The van der Waals surface area contributed by atoms with Crippen LogP contribution in [0.15, 0.2) is 0 Å². The van der Waals surface area contributed by atoms with Crippen molar-refractivity contribution in [3.05, 3.63) is 0 Å². The largest absolute Gasteiger partial charge is 0.270 e. The van der Waals surface area contributed by atoms with Crippen molar-refractivity contribution in [1.82, 2.24) is 4.31 Å². The summed E-state index contributed by atoms with van der Waals surface area (Å²) in [6.07, 6.45) is 6.72. The number of hydrogen-bond acceptors (Lipinski definition) is 1. The first-order chi connectivity index (χ1) is 5.74. The molecule has 1 saturated heterocycles. The minimum Gasteiger partial charge on any atom is -0.270 e. The summed E-state index contributed by atoms with van der Waals surface area (Å²) in [5.41, 5.74) is 0. The Bertz CT molecular complexity index is 127. The zero-order valence-corrected chi connectivity index (χ0v) is 9.61. The maximum atomic E-state index is 2.72. The third-order valence-corrected chi connectivity index (χ3v) is 5.21. The van der Waals surface area contributed by atoms with Crippen molar-refractivity contribution in [2.45, 2.75) is 33.1 Å². The summed E-state index contributed by atoms with van der Waals surface area (Å²) in [6.45, 7) is 7.44. The van der Waals surface area contributed by atoms with E-state index in [0.29, 0.717) is 0 Å². The summed E-state index contributed by atoms with van der Waals surface area (Å²) in [5.74, 6) is 2.33. The first-order valence-corrected chi connectivity index (χ1v) is 7.12. The van der Waals surface area contributed by atoms with Crippen molar-refractivity contribution >= 4 is 11.1 Å². The lowest BCUT2D eigenvalue weighted by Crippen LogP contribution is -2.21. The molecule has 12 heavy (non-hydrogen) atoms. The van der Waals surface area contributed by atoms with Crippen LogP contribution in [0.25, 0.3) is 0 Å². The van der Waals surface area contributed by atoms with E-state index in [2.05, 4.69) is 24.4 Å². The van der Waals surface area contributed by atoms with Crippen molar-refractivity contribution < 1.29 is 0 Å². The summed E-state index contributed by atoms with van der Waals surface area (Å²) >= 11 is 0.201. The summed E-state index contributed by atoms with van der Waals surface area (Å²) in [7, 11) is 0. The fourth-order valence-corrected chi connectivity index (χ4v) is 3.13. The van der Waals surface area contributed by atoms with Gasteiger partial charge in [0, 0.05) is 13.1 Å². The Labute approximate surface area is 80.0 Å². The Morgan fingerprint density at radius 2 is 2.08 bits per heavy atom. The van der Waals surface area contributed by atoms with E-state index in [0.717, 1.165) is 5.92 Å². The van der Waals surface area contributed by atoms with Gasteiger partial charge in [0.25, 0.3) is 0 Å². The molecule has 0 spiro atoms. The molecule has 1 rings (SSSR count). The Hall–Kier alpha value is 0.310. The van der Waals surface area contributed by atoms with Crippen molar-refractivity contribution in [2.75, 3.05) is 25.1 Å². The fourth-order valence-electron chi connectivity index (χ4n) is 1.79. The van der Waals surface area contributed by atoms with Crippen LogP contribution in [-0.4, -0.2) is 29.4 Å². The zero-order chi connectivity index (χ0) is 8.97. The summed E-state index contributed by atoms with van der Waals surface area (Å²) in [5, 5.41) is 0. The van der Waals surface area contributed by atoms with Crippen LogP contribution in [0.3, 0.4) is 0 Å². The normalized spacial score (nSPS) is 31.2. The predicted molar refractivity (Wildman–Crippen MR) is 60.0 cm³/mol. The zero-order valence-electron chi connectivity index (χ0n) is 8.71. The van der Waals surface area contributed by atoms with Gasteiger partial charge in [-0.3, -0.25) is 4.31 Å². The van der Waals surface area contributed by atoms with Gasteiger partial charge >= 0.3 is 0 Å². The van der Waals surface area contributed by atoms with Crippen molar-refractivity contribution in [3.63, 3.8) is 0 Å². The van der Waals surface area contributed by atoms with Gasteiger partial charge in [-0.25, -0.2) is 11.1 Å². The molecule has 0 radical (unpaired) electrons. The van der Waals surface area contributed by atoms with E-state index in [1.54, 1.807) is 0 Å². The highest BCUT2D eigenvalue weighted by Gasteiger charge is 2.15. The Morgan fingerprint density at radius 1 is 1.33 bits per heavy atom. The van der Waals surface area contributed by atoms with Crippen LogP contribution in [0.5, 0.6) is 0 Å². The molecule has 0 saturated carbocycles. The monoisotopic (exact) mass is 189 g/mol. The Balaban J connectivity index is 2.35. The highest BCUT2D eigenvalue weighted by atomic mass is 32.2. The molecule has 0 aromatic heterocycles. The molecule has 0 aromatic carbocycles. The lowest BCUT2D eigenvalue weighted by Gasteiger charge is -2.29. The van der Waals surface area contributed by atoms with Crippen LogP contribution in [-0.2, 0) is 0 Å². The van der Waals surface area contributed by atoms with E-state index in [4.69, 9.17) is 0 Å². The lowest BCUT2D eigenvalue weighted by atomic mass is 10.0. The minimum absolute atomic E-state index is 0.201. The van der Waals surface area contributed by atoms with Crippen molar-refractivity contribution in [2.24, 2.45) is 5.92 Å². The van der Waals surface area contributed by atoms with Gasteiger partial charge in [0.2, 0.25) is 0 Å². The fraction of sp³-hybridized carbons (Fsp3) is 1.00. The molecule has 0 N–H and O–H groups in total. The second-order valence-corrected chi connectivity index (χ2v) is 6.48. The van der Waals surface area contributed by atoms with Gasteiger partial charge in [0.15, 0.2) is 0 Å². The van der Waals surface area contributed by atoms with Gasteiger partial charge in [-0.2, -0.15) is 0 Å². The van der Waals surface area contributed by atoms with Crippen molar-refractivity contribution in [3.8, 4) is 0 Å². The molecule has 1 nitrogen and oxygen atoms in total. The summed E-state index contributed by atoms with van der Waals surface area (Å²) in [6, 6.07) is 0. The number of hydrogen-bond donors (Lipinski definition) is 1. The van der Waals surface area contributed by atoms with E-state index in [1.807, 2.05) is 0 Å². The van der Waals surface area contributed by atoms with Crippen LogP contribution in [0.1, 0.15) is 33.1 Å². The van der Waals surface area contributed by atoms with Crippen LogP contribution in [0.2, 0.25) is 0 Å². The number of rotatable bonds is 2. The molecule has 0 bridgehead atoms. The maximum Gasteiger partial charge on any atom is 0.00741 e. The number of thiol groups is 1. The van der Waals surface area contributed by atoms with Gasteiger partial charge < -0.3 is 0 Å². The topological polar surface area (TPSA) is 3.24 Å².